The number of carbonyl (C=O) groups excluding carboxylic acids is 1. The molecule has 1 aromatic heterocycles. The van der Waals surface area contributed by atoms with Crippen molar-refractivity contribution in [3.8, 4) is 0 Å². The Labute approximate surface area is 153 Å². The zero-order valence-electron chi connectivity index (χ0n) is 15.1. The van der Waals surface area contributed by atoms with Crippen molar-refractivity contribution in [3.63, 3.8) is 0 Å². The van der Waals surface area contributed by atoms with E-state index in [1.165, 1.54) is 54.6 Å². The third-order valence-electron chi connectivity index (χ3n) is 5.92. The van der Waals surface area contributed by atoms with Crippen LogP contribution in [0.2, 0.25) is 0 Å². The van der Waals surface area contributed by atoms with Crippen molar-refractivity contribution in [3.05, 3.63) is 35.0 Å². The summed E-state index contributed by atoms with van der Waals surface area (Å²) in [6.45, 7) is 4.70. The first-order valence-electron chi connectivity index (χ1n) is 9.38. The Kier molecular flexibility index (Phi) is 4.78. The van der Waals surface area contributed by atoms with E-state index in [0.29, 0.717) is 12.0 Å². The van der Waals surface area contributed by atoms with Crippen LogP contribution in [-0.2, 0) is 17.0 Å². The van der Waals surface area contributed by atoms with Crippen molar-refractivity contribution < 1.29 is 4.79 Å². The summed E-state index contributed by atoms with van der Waals surface area (Å²) in [5.74, 6) is 1.56. The predicted molar refractivity (Wildman–Crippen MR) is 106 cm³/mol. The van der Waals surface area contributed by atoms with Gasteiger partial charge in [-0.25, -0.2) is 0 Å². The summed E-state index contributed by atoms with van der Waals surface area (Å²) in [5.41, 5.74) is 8.32. The van der Waals surface area contributed by atoms with Crippen molar-refractivity contribution in [2.75, 3.05) is 24.8 Å². The minimum atomic E-state index is 0.611. The molecule has 1 saturated heterocycles. The van der Waals surface area contributed by atoms with Gasteiger partial charge in [0.1, 0.15) is 0 Å². The maximum absolute atomic E-state index is 11.2. The maximum Gasteiger partial charge on any atom is 0.226 e. The molecule has 25 heavy (non-hydrogen) atoms. The number of carbonyl (C=O) groups is 1. The van der Waals surface area contributed by atoms with Crippen LogP contribution < -0.4 is 5.43 Å². The number of benzene rings is 1. The largest absolute Gasteiger partial charge is 0.299 e. The number of nitrogens with one attached hydrogen (secondary N) is 1. The second-order valence-corrected chi connectivity index (χ2v) is 8.10. The van der Waals surface area contributed by atoms with E-state index >= 15 is 0 Å². The van der Waals surface area contributed by atoms with Gasteiger partial charge in [-0.3, -0.25) is 19.8 Å². The minimum absolute atomic E-state index is 0.611. The lowest BCUT2D eigenvalue weighted by molar-refractivity contribution is -0.106. The number of amides is 1. The molecule has 1 aliphatic heterocycles. The second kappa shape index (κ2) is 7.04. The number of rotatable bonds is 6. The van der Waals surface area contributed by atoms with E-state index in [9.17, 15) is 4.79 Å². The summed E-state index contributed by atoms with van der Waals surface area (Å²) in [6, 6.07) is 7.25. The summed E-state index contributed by atoms with van der Waals surface area (Å²) in [6.07, 6.45) is 7.83. The van der Waals surface area contributed by atoms with Crippen LogP contribution in [0.5, 0.6) is 0 Å². The third-order valence-corrected chi connectivity index (χ3v) is 6.48. The van der Waals surface area contributed by atoms with Crippen LogP contribution in [0.1, 0.15) is 48.9 Å². The fourth-order valence-electron chi connectivity index (χ4n) is 5.05. The first kappa shape index (κ1) is 17.0. The molecule has 0 radical (unpaired) electrons. The van der Waals surface area contributed by atoms with Gasteiger partial charge in [-0.1, -0.05) is 19.1 Å². The fourth-order valence-corrected chi connectivity index (χ4v) is 5.63. The first-order valence-corrected chi connectivity index (χ1v) is 10.8. The molecule has 0 saturated carbocycles. The molecule has 2 heterocycles. The number of thioether (sulfide) groups is 1. The van der Waals surface area contributed by atoms with E-state index in [1.54, 1.807) is 0 Å². The number of hydrogen-bond acceptors (Lipinski definition) is 3. The highest BCUT2D eigenvalue weighted by Crippen LogP contribution is 2.45. The van der Waals surface area contributed by atoms with Gasteiger partial charge in [-0.05, 0) is 62.2 Å². The lowest BCUT2D eigenvalue weighted by Gasteiger charge is -2.44. The van der Waals surface area contributed by atoms with Crippen LogP contribution in [0.15, 0.2) is 18.2 Å². The van der Waals surface area contributed by atoms with Crippen molar-refractivity contribution >= 4 is 29.1 Å². The number of hydrogen-bond donors (Lipinski definition) is 1. The van der Waals surface area contributed by atoms with Gasteiger partial charge in [-0.2, -0.15) is 11.8 Å². The fraction of sp³-hybridized carbons (Fsp3) is 0.550. The highest BCUT2D eigenvalue weighted by molar-refractivity contribution is 7.97. The van der Waals surface area contributed by atoms with Crippen LogP contribution in [0.4, 0.5) is 0 Å². The second-order valence-electron chi connectivity index (χ2n) is 7.24. The molecule has 1 N–H and O–H groups in total. The smallest absolute Gasteiger partial charge is 0.226 e. The Hall–Kier alpha value is -1.46. The Morgan fingerprint density at radius 1 is 1.40 bits per heavy atom. The topological polar surface area (TPSA) is 37.3 Å². The SMILES string of the molecule is CCCN1CCC[C@@H]2c3cccc4c3c(c(CSC)n4NC=O)C[C@H]21. The van der Waals surface area contributed by atoms with E-state index in [0.717, 1.165) is 24.1 Å². The molecule has 2 aromatic rings. The van der Waals surface area contributed by atoms with Crippen LogP contribution in [0.25, 0.3) is 10.9 Å². The van der Waals surface area contributed by atoms with Crippen LogP contribution in [-0.4, -0.2) is 41.4 Å². The van der Waals surface area contributed by atoms with Gasteiger partial charge in [-0.15, -0.1) is 0 Å². The number of aromatic nitrogens is 1. The lowest BCUT2D eigenvalue weighted by Crippen LogP contribution is -2.47. The molecule has 0 bridgehead atoms. The highest BCUT2D eigenvalue weighted by Gasteiger charge is 2.38. The van der Waals surface area contributed by atoms with E-state index < -0.39 is 0 Å². The summed E-state index contributed by atoms with van der Waals surface area (Å²) < 4.78 is 2.03. The molecular formula is C20H27N3OS. The quantitative estimate of drug-likeness (QED) is 0.801. The highest BCUT2D eigenvalue weighted by atomic mass is 32.2. The first-order chi connectivity index (χ1) is 12.3. The van der Waals surface area contributed by atoms with Gasteiger partial charge in [0, 0.05) is 23.1 Å². The van der Waals surface area contributed by atoms with Gasteiger partial charge in [0.25, 0.3) is 0 Å². The lowest BCUT2D eigenvalue weighted by atomic mass is 9.74. The Balaban J connectivity index is 1.89. The van der Waals surface area contributed by atoms with Crippen molar-refractivity contribution in [2.45, 2.75) is 50.3 Å². The third kappa shape index (κ3) is 2.68. The molecule has 2 aliphatic rings. The molecule has 1 amide bonds. The van der Waals surface area contributed by atoms with Crippen molar-refractivity contribution in [2.24, 2.45) is 0 Å². The van der Waals surface area contributed by atoms with Crippen LogP contribution in [0, 0.1) is 0 Å². The standard InChI is InChI=1S/C20H27N3OS/c1-3-9-22-10-5-7-14-15-6-4-8-17-20(15)16(11-18(14)22)19(12-25-2)23(17)21-13-24/h4,6,8,13-14,18H,3,5,7,9-12H2,1-2H3,(H,21,24)/t14-,18-/m1/s1. The summed E-state index contributed by atoms with van der Waals surface area (Å²) in [5, 5.41) is 1.40. The molecule has 0 unspecified atom stereocenters. The minimum Gasteiger partial charge on any atom is -0.299 e. The van der Waals surface area contributed by atoms with Gasteiger partial charge in [0.15, 0.2) is 0 Å². The number of nitrogens with zero attached hydrogens (tertiary/aromatic N) is 2. The summed E-state index contributed by atoms with van der Waals surface area (Å²) in [4.78, 5) is 13.9. The molecule has 4 rings (SSSR count). The Morgan fingerprint density at radius 2 is 2.28 bits per heavy atom. The van der Waals surface area contributed by atoms with E-state index in [2.05, 4.69) is 41.7 Å². The van der Waals surface area contributed by atoms with Gasteiger partial charge in [0.05, 0.1) is 11.2 Å². The normalized spacial score (nSPS) is 22.8. The molecule has 0 spiro atoms. The molecule has 4 nitrogen and oxygen atoms in total. The molecular weight excluding hydrogens is 330 g/mol. The van der Waals surface area contributed by atoms with Crippen molar-refractivity contribution in [1.29, 1.82) is 0 Å². The average Bonchev–Trinajstić information content (AvgIpc) is 2.92. The van der Waals surface area contributed by atoms with Gasteiger partial charge < -0.3 is 0 Å². The van der Waals surface area contributed by atoms with E-state index in [-0.39, 0.29) is 0 Å². The van der Waals surface area contributed by atoms with Crippen LogP contribution >= 0.6 is 11.8 Å². The van der Waals surface area contributed by atoms with Crippen LogP contribution in [0.3, 0.4) is 0 Å². The zero-order valence-corrected chi connectivity index (χ0v) is 15.9. The van der Waals surface area contributed by atoms with E-state index in [1.807, 2.05) is 16.4 Å². The van der Waals surface area contributed by atoms with E-state index in [4.69, 9.17) is 0 Å². The average molecular weight is 358 g/mol. The summed E-state index contributed by atoms with van der Waals surface area (Å²) >= 11 is 1.82. The Morgan fingerprint density at radius 3 is 3.04 bits per heavy atom. The van der Waals surface area contributed by atoms with Gasteiger partial charge >= 0.3 is 0 Å². The molecule has 1 fully saturated rings. The maximum atomic E-state index is 11.2. The molecule has 1 aromatic carbocycles. The van der Waals surface area contributed by atoms with Crippen molar-refractivity contribution in [1.82, 2.24) is 9.58 Å². The molecule has 2 atom stereocenters. The number of piperidine rings is 1. The molecule has 5 heteroatoms. The zero-order chi connectivity index (χ0) is 17.4. The molecule has 134 valence electrons. The Bertz CT molecular complexity index is 783. The monoisotopic (exact) mass is 357 g/mol. The number of fused-ring (bicyclic) bond motifs is 2. The summed E-state index contributed by atoms with van der Waals surface area (Å²) in [7, 11) is 0. The number of likely N-dealkylation sites (tertiary alicyclic amines) is 1. The van der Waals surface area contributed by atoms with Gasteiger partial charge in [0.2, 0.25) is 6.41 Å². The predicted octanol–water partition coefficient (Wildman–Crippen LogP) is 3.72. The molecule has 1 aliphatic carbocycles.